The molecule has 6 atom stereocenters. The van der Waals surface area contributed by atoms with Crippen LogP contribution in [0.4, 0.5) is 21.0 Å². The summed E-state index contributed by atoms with van der Waals surface area (Å²) >= 11 is 14.8. The van der Waals surface area contributed by atoms with Crippen LogP contribution in [0.3, 0.4) is 0 Å². The monoisotopic (exact) mass is 1060 g/mol. The lowest BCUT2D eigenvalue weighted by Gasteiger charge is -2.30. The predicted octanol–water partition coefficient (Wildman–Crippen LogP) is 8.16. The average Bonchev–Trinajstić information content (AvgIpc) is 4.13. The zero-order valence-electron chi connectivity index (χ0n) is 37.6. The van der Waals surface area contributed by atoms with E-state index in [4.69, 9.17) is 23.2 Å². The van der Waals surface area contributed by atoms with Gasteiger partial charge in [0.25, 0.3) is 0 Å². The molecule has 4 heterocycles. The van der Waals surface area contributed by atoms with E-state index >= 15 is 0 Å². The Morgan fingerprint density at radius 1 is 0.636 bits per heavy atom. The molecular weight excluding hydrogens is 998 g/mol. The van der Waals surface area contributed by atoms with Gasteiger partial charge >= 0.3 is 12.1 Å². The second kappa shape index (κ2) is 23.1. The number of aromatic nitrogens is 4. The fourth-order valence-electron chi connectivity index (χ4n) is 9.73. The van der Waals surface area contributed by atoms with Crippen LogP contribution in [0.1, 0.15) is 71.9 Å². The van der Waals surface area contributed by atoms with Gasteiger partial charge in [-0.3, -0.25) is 19.2 Å². The molecule has 4 aliphatic rings. The number of alkyl halides is 1. The Kier molecular flexibility index (Phi) is 18.2. The number of likely N-dealkylation sites (tertiary alicyclic amines) is 2. The Labute approximate surface area is 411 Å². The maximum Gasteiger partial charge on any atom is 0.344 e. The van der Waals surface area contributed by atoms with Gasteiger partial charge in [0.15, 0.2) is 0 Å². The van der Waals surface area contributed by atoms with Crippen LogP contribution in [0.25, 0.3) is 0 Å². The molecule has 0 radical (unpaired) electrons. The Morgan fingerprint density at radius 2 is 1.03 bits per heavy atom. The molecule has 2 aromatic heterocycles. The Balaban J connectivity index is 0.000000235. The summed E-state index contributed by atoms with van der Waals surface area (Å²) in [6.07, 6.45) is 9.58. The molecule has 0 bridgehead atoms. The van der Waals surface area contributed by atoms with E-state index in [1.165, 1.54) is 46.7 Å². The molecule has 4 aromatic rings. The van der Waals surface area contributed by atoms with Crippen LogP contribution in [-0.4, -0.2) is 125 Å². The molecule has 4 fully saturated rings. The van der Waals surface area contributed by atoms with Gasteiger partial charge in [0, 0.05) is 96.1 Å². The SMILES string of the molecule is C.CC(=O)N(C)c1cnn(C(=O)N2C[C@H]3CC(N(Cc4ccccc4Cl)C(C)=O)C[C@H]3C2)c1.CC(=O)Nc1cnn(C(=O)N2C[C@H]3CC(N(Cc4ccccc4Cl)C(C)=O)C[C@H]3C2)c1.CI. The van der Waals surface area contributed by atoms with Crippen molar-refractivity contribution in [2.45, 2.75) is 86.0 Å². The van der Waals surface area contributed by atoms with Gasteiger partial charge in [0.1, 0.15) is 0 Å². The summed E-state index contributed by atoms with van der Waals surface area (Å²) in [5, 5.41) is 12.2. The third-order valence-corrected chi connectivity index (χ3v) is 13.7. The van der Waals surface area contributed by atoms with Gasteiger partial charge in [-0.2, -0.15) is 19.6 Å². The molecular formula is C47H61Cl2IN10O6. The zero-order valence-corrected chi connectivity index (χ0v) is 41.2. The van der Waals surface area contributed by atoms with E-state index in [2.05, 4.69) is 38.1 Å². The Bertz CT molecular complexity index is 2350. The number of amides is 6. The number of hydrogen-bond donors (Lipinski definition) is 1. The van der Waals surface area contributed by atoms with Crippen molar-refractivity contribution in [3.8, 4) is 0 Å². The summed E-state index contributed by atoms with van der Waals surface area (Å²) in [6, 6.07) is 15.1. The van der Waals surface area contributed by atoms with Gasteiger partial charge in [0.2, 0.25) is 23.6 Å². The maximum absolute atomic E-state index is 12.9. The van der Waals surface area contributed by atoms with Gasteiger partial charge < -0.3 is 29.8 Å². The van der Waals surface area contributed by atoms with Crippen molar-refractivity contribution in [2.24, 2.45) is 23.7 Å². The summed E-state index contributed by atoms with van der Waals surface area (Å²) in [6.45, 7) is 9.67. The number of anilines is 2. The summed E-state index contributed by atoms with van der Waals surface area (Å²) in [5.74, 6) is 1.17. The fourth-order valence-corrected chi connectivity index (χ4v) is 10.1. The van der Waals surface area contributed by atoms with Crippen molar-refractivity contribution in [3.63, 3.8) is 0 Å². The highest BCUT2D eigenvalue weighted by Gasteiger charge is 2.46. The van der Waals surface area contributed by atoms with E-state index in [9.17, 15) is 28.8 Å². The van der Waals surface area contributed by atoms with Crippen molar-refractivity contribution in [3.05, 3.63) is 94.5 Å². The quantitative estimate of drug-likeness (QED) is 0.136. The van der Waals surface area contributed by atoms with E-state index in [-0.39, 0.29) is 55.2 Å². The molecule has 1 N–H and O–H groups in total. The molecule has 16 nitrogen and oxygen atoms in total. The molecule has 2 aromatic carbocycles. The molecule has 2 aliphatic carbocycles. The predicted molar refractivity (Wildman–Crippen MR) is 265 cm³/mol. The molecule has 2 unspecified atom stereocenters. The van der Waals surface area contributed by atoms with Gasteiger partial charge in [0.05, 0.1) is 36.2 Å². The van der Waals surface area contributed by atoms with Gasteiger partial charge in [-0.15, -0.1) is 0 Å². The van der Waals surface area contributed by atoms with Gasteiger partial charge in [-0.05, 0) is 77.5 Å². The first-order valence-corrected chi connectivity index (χ1v) is 24.6. The lowest BCUT2D eigenvalue weighted by Crippen LogP contribution is -2.39. The van der Waals surface area contributed by atoms with Crippen molar-refractivity contribution in [1.29, 1.82) is 0 Å². The number of fused-ring (bicyclic) bond motifs is 2. The normalized spacial score (nSPS) is 21.2. The second-order valence-corrected chi connectivity index (χ2v) is 18.0. The molecule has 6 amide bonds. The van der Waals surface area contributed by atoms with E-state index in [1.54, 1.807) is 27.1 Å². The minimum Gasteiger partial charge on any atom is -0.336 e. The van der Waals surface area contributed by atoms with Crippen LogP contribution in [-0.2, 0) is 32.3 Å². The number of halogens is 3. The minimum atomic E-state index is -0.208. The van der Waals surface area contributed by atoms with E-state index < -0.39 is 0 Å². The largest absolute Gasteiger partial charge is 0.344 e. The van der Waals surface area contributed by atoms with Gasteiger partial charge in [-0.25, -0.2) is 9.59 Å². The molecule has 2 aliphatic heterocycles. The van der Waals surface area contributed by atoms with E-state index in [0.717, 1.165) is 36.8 Å². The van der Waals surface area contributed by atoms with Crippen LogP contribution in [0.2, 0.25) is 10.0 Å². The van der Waals surface area contributed by atoms with Crippen LogP contribution < -0.4 is 10.2 Å². The zero-order chi connectivity index (χ0) is 47.1. The van der Waals surface area contributed by atoms with E-state index in [1.807, 2.05) is 73.1 Å². The third kappa shape index (κ3) is 12.3. The van der Waals surface area contributed by atoms with Gasteiger partial charge in [-0.1, -0.05) is 89.6 Å². The first kappa shape index (κ1) is 52.0. The minimum absolute atomic E-state index is 0. The molecule has 2 saturated carbocycles. The van der Waals surface area contributed by atoms with Crippen molar-refractivity contribution < 1.29 is 28.8 Å². The maximum atomic E-state index is 12.9. The summed E-state index contributed by atoms with van der Waals surface area (Å²) in [7, 11) is 1.65. The number of carbonyl (C=O) groups is 6. The summed E-state index contributed by atoms with van der Waals surface area (Å²) in [5.41, 5.74) is 2.98. The van der Waals surface area contributed by atoms with Crippen LogP contribution >= 0.6 is 45.8 Å². The summed E-state index contributed by atoms with van der Waals surface area (Å²) in [4.78, 5) is 84.1. The van der Waals surface area contributed by atoms with E-state index in [0.29, 0.717) is 84.4 Å². The topological polar surface area (TPSA) is 166 Å². The summed E-state index contributed by atoms with van der Waals surface area (Å²) < 4.78 is 2.57. The van der Waals surface area contributed by atoms with Crippen molar-refractivity contribution in [2.75, 3.05) is 48.4 Å². The Morgan fingerprint density at radius 3 is 1.41 bits per heavy atom. The number of benzene rings is 2. The van der Waals surface area contributed by atoms with Crippen molar-refractivity contribution in [1.82, 2.24) is 39.2 Å². The molecule has 66 heavy (non-hydrogen) atoms. The highest BCUT2D eigenvalue weighted by Crippen LogP contribution is 2.42. The highest BCUT2D eigenvalue weighted by molar-refractivity contribution is 14.1. The number of hydrogen-bond acceptors (Lipinski definition) is 8. The van der Waals surface area contributed by atoms with Crippen LogP contribution in [0.15, 0.2) is 73.3 Å². The van der Waals surface area contributed by atoms with Crippen molar-refractivity contribution >= 4 is 92.9 Å². The highest BCUT2D eigenvalue weighted by atomic mass is 127. The lowest BCUT2D eigenvalue weighted by molar-refractivity contribution is -0.132. The first-order chi connectivity index (χ1) is 31.1. The lowest BCUT2D eigenvalue weighted by atomic mass is 10.0. The number of rotatable bonds is 8. The van der Waals surface area contributed by atoms with Crippen LogP contribution in [0.5, 0.6) is 0 Å². The second-order valence-electron chi connectivity index (χ2n) is 17.2. The molecule has 2 saturated heterocycles. The molecule has 0 spiro atoms. The average molecular weight is 1060 g/mol. The van der Waals surface area contributed by atoms with Crippen LogP contribution in [0, 0.1) is 23.7 Å². The number of nitrogens with one attached hydrogen (secondary N) is 1. The fraction of sp³-hybridized carbons (Fsp3) is 0.489. The standard InChI is InChI=1S/C23H28ClN5O3.C22H26ClN5O3.CH3I.CH4/c1-15(30)26(3)21-10-25-29(14-21)23(32)27-11-18-8-20(9-19(18)12-27)28(16(2)31)13-17-6-4-5-7-22(17)24;1-14(29)25-19-9-24-28(13-19)22(31)26-10-17-7-20(8-18(17)11-26)27(15(2)30)12-16-5-3-4-6-21(16)23;1-2;/h4-7,10,14,18-20H,8-9,11-13H2,1-3H3;3-6,9,13,17-18,20H,7-8,10-12H2,1-2H3,(H,25,29);1H3;1H4/t18-,19+,20?;17-,18+,20?;;. The smallest absolute Gasteiger partial charge is 0.336 e. The first-order valence-electron chi connectivity index (χ1n) is 21.6. The molecule has 8 rings (SSSR count). The number of carbonyl (C=O) groups excluding carboxylic acids is 6. The molecule has 19 heteroatoms. The number of nitrogens with zero attached hydrogens (tertiary/aromatic N) is 9. The Hall–Kier alpha value is -5.01. The third-order valence-electron chi connectivity index (χ3n) is 13.0. The molecule has 356 valence electrons.